The topological polar surface area (TPSA) is 32.8 Å². The van der Waals surface area contributed by atoms with E-state index in [1.807, 2.05) is 29.2 Å². The third-order valence-electron chi connectivity index (χ3n) is 1.94. The Kier molecular flexibility index (Phi) is 1.57. The van der Waals surface area contributed by atoms with Crippen molar-refractivity contribution in [3.8, 4) is 0 Å². The molecule has 0 radical (unpaired) electrons. The van der Waals surface area contributed by atoms with Gasteiger partial charge in [0.05, 0.1) is 6.20 Å². The van der Waals surface area contributed by atoms with Gasteiger partial charge in [-0.05, 0) is 0 Å². The predicted octanol–water partition coefficient (Wildman–Crippen LogP) is 1.27. The molecule has 0 spiro atoms. The van der Waals surface area contributed by atoms with Crippen molar-refractivity contribution in [2.45, 2.75) is 19.8 Å². The highest BCUT2D eigenvalue weighted by Gasteiger charge is 2.08. The fraction of sp³-hybridized carbons (Fsp3) is 0.333. The number of rotatable bonds is 1. The lowest BCUT2D eigenvalue weighted by Gasteiger charge is -1.97. The van der Waals surface area contributed by atoms with Crippen molar-refractivity contribution in [1.29, 1.82) is 0 Å². The van der Waals surface area contributed by atoms with Crippen LogP contribution in [0.1, 0.15) is 25.5 Å². The van der Waals surface area contributed by atoms with Crippen LogP contribution in [0.15, 0.2) is 24.7 Å². The van der Waals surface area contributed by atoms with E-state index in [9.17, 15) is 0 Å². The first kappa shape index (κ1) is 7.28. The number of nitrogens with zero attached hydrogens (tertiary/aromatic N) is 2. The second kappa shape index (κ2) is 2.59. The van der Waals surface area contributed by atoms with Gasteiger partial charge in [-0.25, -0.2) is 4.98 Å². The molecule has 0 fully saturated rings. The van der Waals surface area contributed by atoms with Crippen molar-refractivity contribution in [3.63, 3.8) is 0 Å². The van der Waals surface area contributed by atoms with E-state index in [0.29, 0.717) is 5.92 Å². The molecule has 2 aromatic rings. The van der Waals surface area contributed by atoms with E-state index >= 15 is 0 Å². The summed E-state index contributed by atoms with van der Waals surface area (Å²) in [4.78, 5) is 4.34. The summed E-state index contributed by atoms with van der Waals surface area (Å²) in [5.74, 6) is 0.477. The quantitative estimate of drug-likeness (QED) is 0.629. The van der Waals surface area contributed by atoms with Crippen LogP contribution < -0.4 is 4.52 Å². The highest BCUT2D eigenvalue weighted by atomic mass is 15.2. The maximum atomic E-state index is 4.34. The molecule has 0 unspecified atom stereocenters. The average Bonchev–Trinajstić information content (AvgIpc) is 2.49. The Balaban J connectivity index is 2.60. The van der Waals surface area contributed by atoms with Crippen LogP contribution in [0.25, 0.3) is 5.52 Å². The molecule has 0 aliphatic carbocycles. The van der Waals surface area contributed by atoms with E-state index < -0.39 is 0 Å². The first-order valence-corrected chi connectivity index (χ1v) is 4.12. The Labute approximate surface area is 71.1 Å². The molecule has 2 heterocycles. The standard InChI is InChI=1S/C9H11N3/c1-7(2)9-6-12-8(5-10-9)3-4-11-12/h3-7H,1-2H3/p+1. The summed E-state index contributed by atoms with van der Waals surface area (Å²) in [6, 6.07) is 2.00. The third-order valence-corrected chi connectivity index (χ3v) is 1.94. The monoisotopic (exact) mass is 162 g/mol. The largest absolute Gasteiger partial charge is 0.255 e. The van der Waals surface area contributed by atoms with Crippen molar-refractivity contribution in [3.05, 3.63) is 30.4 Å². The molecule has 0 atom stereocenters. The minimum absolute atomic E-state index is 0.477. The Hall–Kier alpha value is -1.38. The van der Waals surface area contributed by atoms with Crippen LogP contribution in [0.2, 0.25) is 0 Å². The van der Waals surface area contributed by atoms with Gasteiger partial charge in [-0.15, -0.1) is 0 Å². The van der Waals surface area contributed by atoms with Gasteiger partial charge in [0.2, 0.25) is 6.20 Å². The molecule has 3 heteroatoms. The smallest absolute Gasteiger partial charge is 0.248 e. The van der Waals surface area contributed by atoms with Gasteiger partial charge in [-0.1, -0.05) is 18.4 Å². The van der Waals surface area contributed by atoms with E-state index in [-0.39, 0.29) is 0 Å². The molecule has 62 valence electrons. The molecule has 1 N–H and O–H groups in total. The predicted molar refractivity (Wildman–Crippen MR) is 45.8 cm³/mol. The van der Waals surface area contributed by atoms with Crippen LogP contribution in [-0.4, -0.2) is 10.1 Å². The minimum atomic E-state index is 0.477. The zero-order chi connectivity index (χ0) is 8.55. The van der Waals surface area contributed by atoms with Gasteiger partial charge in [0.1, 0.15) is 11.9 Å². The maximum absolute atomic E-state index is 4.34. The maximum Gasteiger partial charge on any atom is 0.255 e. The second-order valence-corrected chi connectivity index (χ2v) is 3.22. The Morgan fingerprint density at radius 3 is 3.08 bits per heavy atom. The molecule has 2 aromatic heterocycles. The number of H-pyrrole nitrogens is 1. The van der Waals surface area contributed by atoms with Crippen LogP contribution in [0, 0.1) is 0 Å². The average molecular weight is 162 g/mol. The molecule has 0 amide bonds. The zero-order valence-corrected chi connectivity index (χ0v) is 7.28. The van der Waals surface area contributed by atoms with Gasteiger partial charge in [-0.2, -0.15) is 5.10 Å². The number of fused-ring (bicyclic) bond motifs is 1. The summed E-state index contributed by atoms with van der Waals surface area (Å²) in [5.41, 5.74) is 2.20. The van der Waals surface area contributed by atoms with Gasteiger partial charge in [-0.3, -0.25) is 0 Å². The Morgan fingerprint density at radius 2 is 2.33 bits per heavy atom. The fourth-order valence-electron chi connectivity index (χ4n) is 1.18. The van der Waals surface area contributed by atoms with Crippen molar-refractivity contribution in [1.82, 2.24) is 10.1 Å². The first-order valence-electron chi connectivity index (χ1n) is 4.12. The summed E-state index contributed by atoms with van der Waals surface area (Å²) in [6.07, 6.45) is 5.81. The van der Waals surface area contributed by atoms with Gasteiger partial charge < -0.3 is 0 Å². The van der Waals surface area contributed by atoms with E-state index in [0.717, 1.165) is 11.2 Å². The van der Waals surface area contributed by atoms with E-state index in [2.05, 4.69) is 23.9 Å². The minimum Gasteiger partial charge on any atom is -0.248 e. The highest BCUT2D eigenvalue weighted by Crippen LogP contribution is 2.08. The molecule has 2 rings (SSSR count). The Bertz CT molecular complexity index is 389. The molecule has 0 bridgehead atoms. The molecule has 0 aromatic carbocycles. The van der Waals surface area contributed by atoms with Crippen molar-refractivity contribution in [2.75, 3.05) is 0 Å². The van der Waals surface area contributed by atoms with Crippen molar-refractivity contribution < 1.29 is 4.52 Å². The molecular weight excluding hydrogens is 150 g/mol. The van der Waals surface area contributed by atoms with E-state index in [4.69, 9.17) is 0 Å². The van der Waals surface area contributed by atoms with Gasteiger partial charge in [0.15, 0.2) is 0 Å². The highest BCUT2D eigenvalue weighted by molar-refractivity contribution is 5.33. The molecule has 0 saturated carbocycles. The molecule has 0 saturated heterocycles. The fourth-order valence-corrected chi connectivity index (χ4v) is 1.18. The molecule has 0 aliphatic heterocycles. The first-order chi connectivity index (χ1) is 5.77. The van der Waals surface area contributed by atoms with Crippen LogP contribution in [0.5, 0.6) is 0 Å². The SMILES string of the molecule is CC(C)c1c[n+]2[nH]ccc2cn1. The van der Waals surface area contributed by atoms with Crippen LogP contribution >= 0.6 is 0 Å². The Morgan fingerprint density at radius 1 is 1.50 bits per heavy atom. The summed E-state index contributed by atoms with van der Waals surface area (Å²) < 4.78 is 1.97. The van der Waals surface area contributed by atoms with E-state index in [1.165, 1.54) is 0 Å². The number of aromatic nitrogens is 3. The van der Waals surface area contributed by atoms with Gasteiger partial charge >= 0.3 is 0 Å². The summed E-state index contributed by atoms with van der Waals surface area (Å²) >= 11 is 0. The number of aromatic amines is 1. The molecule has 12 heavy (non-hydrogen) atoms. The van der Waals surface area contributed by atoms with Gasteiger partial charge in [0, 0.05) is 12.0 Å². The number of hydrogen-bond donors (Lipinski definition) is 1. The molecular formula is C9H12N3+. The lowest BCUT2D eigenvalue weighted by atomic mass is 10.1. The number of hydrogen-bond acceptors (Lipinski definition) is 1. The normalized spacial score (nSPS) is 11.2. The van der Waals surface area contributed by atoms with Crippen LogP contribution in [-0.2, 0) is 0 Å². The summed E-state index contributed by atoms with van der Waals surface area (Å²) in [7, 11) is 0. The summed E-state index contributed by atoms with van der Waals surface area (Å²) in [5, 5.41) is 3.09. The van der Waals surface area contributed by atoms with Crippen molar-refractivity contribution >= 4 is 5.52 Å². The second-order valence-electron chi connectivity index (χ2n) is 3.22. The molecule has 0 aliphatic rings. The summed E-state index contributed by atoms with van der Waals surface area (Å²) in [6.45, 7) is 4.27. The third kappa shape index (κ3) is 1.07. The van der Waals surface area contributed by atoms with Crippen LogP contribution in [0.3, 0.4) is 0 Å². The number of nitrogens with one attached hydrogen (secondary N) is 1. The van der Waals surface area contributed by atoms with Gasteiger partial charge in [0.25, 0.3) is 5.52 Å². The lowest BCUT2D eigenvalue weighted by molar-refractivity contribution is -0.577. The van der Waals surface area contributed by atoms with Crippen LogP contribution in [0.4, 0.5) is 0 Å². The van der Waals surface area contributed by atoms with E-state index in [1.54, 1.807) is 0 Å². The molecule has 3 nitrogen and oxygen atoms in total. The zero-order valence-electron chi connectivity index (χ0n) is 7.28. The lowest BCUT2D eigenvalue weighted by Crippen LogP contribution is -2.23. The van der Waals surface area contributed by atoms with Crippen molar-refractivity contribution in [2.24, 2.45) is 0 Å².